The van der Waals surface area contributed by atoms with Crippen molar-refractivity contribution in [3.05, 3.63) is 0 Å². The second-order valence-corrected chi connectivity index (χ2v) is 7.47. The number of hydrogen-bond acceptors (Lipinski definition) is 3. The highest BCUT2D eigenvalue weighted by Gasteiger charge is 2.37. The number of nitrogens with zero attached hydrogens (tertiary/aromatic N) is 1. The Morgan fingerprint density at radius 3 is 2.71 bits per heavy atom. The van der Waals surface area contributed by atoms with E-state index in [0.717, 1.165) is 51.4 Å². The van der Waals surface area contributed by atoms with Crippen LogP contribution in [-0.2, 0) is 9.53 Å². The molecule has 0 bridgehead atoms. The molecule has 3 rings (SSSR count). The zero-order chi connectivity index (χ0) is 14.7. The van der Waals surface area contributed by atoms with Gasteiger partial charge in [0, 0.05) is 44.6 Å². The zero-order valence-electron chi connectivity index (χ0n) is 13.4. The van der Waals surface area contributed by atoms with Crippen LogP contribution in [0.5, 0.6) is 0 Å². The van der Waals surface area contributed by atoms with Crippen molar-refractivity contribution in [2.24, 2.45) is 11.3 Å². The molecule has 1 aliphatic heterocycles. The number of carbonyl (C=O) groups is 1. The maximum Gasteiger partial charge on any atom is 0.222 e. The van der Waals surface area contributed by atoms with Gasteiger partial charge in [0.1, 0.15) is 0 Å². The van der Waals surface area contributed by atoms with Crippen LogP contribution in [0.3, 0.4) is 0 Å². The van der Waals surface area contributed by atoms with Gasteiger partial charge in [-0.25, -0.2) is 0 Å². The first-order valence-corrected chi connectivity index (χ1v) is 8.71. The third-order valence-corrected chi connectivity index (χ3v) is 5.61. The van der Waals surface area contributed by atoms with Crippen molar-refractivity contribution in [2.45, 2.75) is 57.4 Å². The Hall–Kier alpha value is -0.610. The number of carbonyl (C=O) groups excluding carboxylic acids is 1. The molecule has 1 atom stereocenters. The predicted molar refractivity (Wildman–Crippen MR) is 83.1 cm³/mol. The van der Waals surface area contributed by atoms with Gasteiger partial charge in [-0.3, -0.25) is 4.79 Å². The minimum atomic E-state index is 0.374. The molecule has 0 aromatic rings. The third-order valence-electron chi connectivity index (χ3n) is 5.61. The molecular formula is C17H30N2O2. The summed E-state index contributed by atoms with van der Waals surface area (Å²) in [5.74, 6) is 1.18. The Balaban J connectivity index is 1.44. The van der Waals surface area contributed by atoms with E-state index in [9.17, 15) is 4.79 Å². The highest BCUT2D eigenvalue weighted by atomic mass is 16.5. The van der Waals surface area contributed by atoms with E-state index in [4.69, 9.17) is 4.74 Å². The van der Waals surface area contributed by atoms with Crippen molar-refractivity contribution >= 4 is 5.91 Å². The minimum Gasteiger partial charge on any atom is -0.384 e. The normalized spacial score (nSPS) is 29.1. The lowest BCUT2D eigenvalue weighted by Gasteiger charge is -2.42. The summed E-state index contributed by atoms with van der Waals surface area (Å²) < 4.78 is 5.40. The summed E-state index contributed by atoms with van der Waals surface area (Å²) in [5, 5.41) is 3.74. The van der Waals surface area contributed by atoms with Crippen molar-refractivity contribution in [1.29, 1.82) is 0 Å². The Kier molecular flexibility index (Phi) is 4.85. The van der Waals surface area contributed by atoms with Crippen molar-refractivity contribution < 1.29 is 9.53 Å². The summed E-state index contributed by atoms with van der Waals surface area (Å²) in [5.41, 5.74) is 0.374. The standard InChI is InChI=1S/C17H30N2O2/c1-21-13-17(8-2-9-17)12-18-15-5-6-16(20)19(10-7-15)11-14-3-4-14/h14-15,18H,2-13H2,1H3. The highest BCUT2D eigenvalue weighted by Crippen LogP contribution is 2.40. The number of ether oxygens (including phenoxy) is 1. The number of likely N-dealkylation sites (tertiary alicyclic amines) is 1. The number of methoxy groups -OCH3 is 1. The van der Waals surface area contributed by atoms with Crippen LogP contribution in [0.1, 0.15) is 51.4 Å². The lowest BCUT2D eigenvalue weighted by atomic mass is 9.69. The topological polar surface area (TPSA) is 41.6 Å². The quantitative estimate of drug-likeness (QED) is 0.782. The van der Waals surface area contributed by atoms with E-state index >= 15 is 0 Å². The van der Waals surface area contributed by atoms with Crippen molar-refractivity contribution in [3.8, 4) is 0 Å². The van der Waals surface area contributed by atoms with Gasteiger partial charge in [-0.05, 0) is 44.4 Å². The summed E-state index contributed by atoms with van der Waals surface area (Å²) in [4.78, 5) is 14.3. The van der Waals surface area contributed by atoms with Crippen LogP contribution < -0.4 is 5.32 Å². The number of amides is 1. The minimum absolute atomic E-state index is 0.374. The fourth-order valence-electron chi connectivity index (χ4n) is 3.76. The van der Waals surface area contributed by atoms with E-state index in [1.54, 1.807) is 7.11 Å². The van der Waals surface area contributed by atoms with Crippen LogP contribution in [0.25, 0.3) is 0 Å². The maximum absolute atomic E-state index is 12.2. The predicted octanol–water partition coefficient (Wildman–Crippen LogP) is 2.18. The SMILES string of the molecule is COCC1(CNC2CCC(=O)N(CC3CC3)CC2)CCC1. The molecule has 21 heavy (non-hydrogen) atoms. The zero-order valence-corrected chi connectivity index (χ0v) is 13.4. The highest BCUT2D eigenvalue weighted by molar-refractivity contribution is 5.76. The number of nitrogens with one attached hydrogen (secondary N) is 1. The Labute approximate surface area is 128 Å². The largest absolute Gasteiger partial charge is 0.384 e. The van der Waals surface area contributed by atoms with Crippen LogP contribution in [0, 0.1) is 11.3 Å². The van der Waals surface area contributed by atoms with Crippen LogP contribution in [-0.4, -0.2) is 50.2 Å². The molecule has 0 spiro atoms. The van der Waals surface area contributed by atoms with Crippen LogP contribution in [0.4, 0.5) is 0 Å². The fourth-order valence-corrected chi connectivity index (χ4v) is 3.76. The van der Waals surface area contributed by atoms with Gasteiger partial charge < -0.3 is 15.0 Å². The van der Waals surface area contributed by atoms with E-state index in [2.05, 4.69) is 10.2 Å². The number of rotatable bonds is 7. The molecule has 2 saturated carbocycles. The van der Waals surface area contributed by atoms with Gasteiger partial charge in [-0.15, -0.1) is 0 Å². The summed E-state index contributed by atoms with van der Waals surface area (Å²) in [6, 6.07) is 0.507. The molecule has 1 heterocycles. The summed E-state index contributed by atoms with van der Waals surface area (Å²) in [6.07, 6.45) is 9.40. The molecule has 1 unspecified atom stereocenters. The van der Waals surface area contributed by atoms with Gasteiger partial charge in [0.2, 0.25) is 5.91 Å². The van der Waals surface area contributed by atoms with E-state index in [0.29, 0.717) is 17.4 Å². The molecule has 1 amide bonds. The summed E-state index contributed by atoms with van der Waals surface area (Å²) in [6.45, 7) is 3.89. The fraction of sp³-hybridized carbons (Fsp3) is 0.941. The Morgan fingerprint density at radius 1 is 1.29 bits per heavy atom. The van der Waals surface area contributed by atoms with Gasteiger partial charge in [-0.2, -0.15) is 0 Å². The Morgan fingerprint density at radius 2 is 2.10 bits per heavy atom. The van der Waals surface area contributed by atoms with Crippen LogP contribution >= 0.6 is 0 Å². The molecule has 3 aliphatic rings. The Bertz CT molecular complexity index is 364. The van der Waals surface area contributed by atoms with E-state index in [1.165, 1.54) is 32.1 Å². The number of hydrogen-bond donors (Lipinski definition) is 1. The van der Waals surface area contributed by atoms with Gasteiger partial charge >= 0.3 is 0 Å². The van der Waals surface area contributed by atoms with E-state index in [1.807, 2.05) is 0 Å². The van der Waals surface area contributed by atoms with Crippen molar-refractivity contribution in [2.75, 3.05) is 33.4 Å². The molecule has 1 saturated heterocycles. The first-order valence-electron chi connectivity index (χ1n) is 8.71. The maximum atomic E-state index is 12.2. The lowest BCUT2D eigenvalue weighted by molar-refractivity contribution is -0.130. The first kappa shape index (κ1) is 15.3. The van der Waals surface area contributed by atoms with Crippen LogP contribution in [0.2, 0.25) is 0 Å². The lowest BCUT2D eigenvalue weighted by Crippen LogP contribution is -2.46. The molecule has 0 aromatic carbocycles. The summed E-state index contributed by atoms with van der Waals surface area (Å²) >= 11 is 0. The monoisotopic (exact) mass is 294 g/mol. The van der Waals surface area contributed by atoms with Crippen molar-refractivity contribution in [1.82, 2.24) is 10.2 Å². The van der Waals surface area contributed by atoms with Gasteiger partial charge in [0.05, 0.1) is 6.61 Å². The third kappa shape index (κ3) is 3.98. The first-order chi connectivity index (χ1) is 10.2. The molecule has 0 aromatic heterocycles. The summed E-state index contributed by atoms with van der Waals surface area (Å²) in [7, 11) is 1.81. The molecular weight excluding hydrogens is 264 g/mol. The van der Waals surface area contributed by atoms with Crippen LogP contribution in [0.15, 0.2) is 0 Å². The molecule has 1 N–H and O–H groups in total. The molecule has 2 aliphatic carbocycles. The smallest absolute Gasteiger partial charge is 0.222 e. The molecule has 3 fully saturated rings. The molecule has 4 nitrogen and oxygen atoms in total. The molecule has 4 heteroatoms. The second kappa shape index (κ2) is 6.66. The van der Waals surface area contributed by atoms with Gasteiger partial charge in [0.25, 0.3) is 0 Å². The molecule has 0 radical (unpaired) electrons. The van der Waals surface area contributed by atoms with Gasteiger partial charge in [0.15, 0.2) is 0 Å². The molecule has 120 valence electrons. The van der Waals surface area contributed by atoms with E-state index in [-0.39, 0.29) is 0 Å². The van der Waals surface area contributed by atoms with E-state index < -0.39 is 0 Å². The van der Waals surface area contributed by atoms with Crippen molar-refractivity contribution in [3.63, 3.8) is 0 Å². The van der Waals surface area contributed by atoms with Gasteiger partial charge in [-0.1, -0.05) is 6.42 Å². The average molecular weight is 294 g/mol. The second-order valence-electron chi connectivity index (χ2n) is 7.47. The average Bonchev–Trinajstić information content (AvgIpc) is 3.25.